The number of aliphatic hydroxyl groups is 1. The zero-order valence-electron chi connectivity index (χ0n) is 12.1. The van der Waals surface area contributed by atoms with Crippen LogP contribution in [0.3, 0.4) is 0 Å². The van der Waals surface area contributed by atoms with E-state index in [4.69, 9.17) is 9.47 Å². The molecule has 0 aliphatic heterocycles. The molecular formula is C14H29NO3. The van der Waals surface area contributed by atoms with E-state index in [9.17, 15) is 5.11 Å². The SMILES string of the molecule is COCCN(CCC1CCCC1O)C(C)COC. The standard InChI is InChI=1S/C14H29NO3/c1-12(11-18-3)15(9-10-17-2)8-7-13-5-4-6-14(13)16/h12-14,16H,4-11H2,1-3H3. The van der Waals surface area contributed by atoms with E-state index in [-0.39, 0.29) is 6.10 Å². The first-order valence-corrected chi connectivity index (χ1v) is 7.09. The van der Waals surface area contributed by atoms with Crippen LogP contribution in [0.1, 0.15) is 32.6 Å². The Morgan fingerprint density at radius 1 is 1.22 bits per heavy atom. The van der Waals surface area contributed by atoms with Gasteiger partial charge in [-0.1, -0.05) is 6.42 Å². The van der Waals surface area contributed by atoms with Crippen LogP contribution >= 0.6 is 0 Å². The fourth-order valence-electron chi connectivity index (χ4n) is 2.79. The van der Waals surface area contributed by atoms with E-state index in [1.807, 2.05) is 0 Å². The Kier molecular flexibility index (Phi) is 7.82. The van der Waals surface area contributed by atoms with Crippen LogP contribution < -0.4 is 0 Å². The van der Waals surface area contributed by atoms with Gasteiger partial charge in [0.1, 0.15) is 0 Å². The van der Waals surface area contributed by atoms with Crippen molar-refractivity contribution in [1.29, 1.82) is 0 Å². The maximum atomic E-state index is 9.85. The van der Waals surface area contributed by atoms with Gasteiger partial charge in [-0.05, 0) is 38.6 Å². The van der Waals surface area contributed by atoms with Crippen LogP contribution in [0.4, 0.5) is 0 Å². The van der Waals surface area contributed by atoms with Crippen LogP contribution in [0.5, 0.6) is 0 Å². The summed E-state index contributed by atoms with van der Waals surface area (Å²) in [5.41, 5.74) is 0. The van der Waals surface area contributed by atoms with Gasteiger partial charge in [-0.15, -0.1) is 0 Å². The molecule has 18 heavy (non-hydrogen) atoms. The van der Waals surface area contributed by atoms with Crippen molar-refractivity contribution in [2.45, 2.75) is 44.8 Å². The van der Waals surface area contributed by atoms with Gasteiger partial charge in [0.05, 0.1) is 19.3 Å². The van der Waals surface area contributed by atoms with Crippen molar-refractivity contribution in [3.05, 3.63) is 0 Å². The topological polar surface area (TPSA) is 41.9 Å². The highest BCUT2D eigenvalue weighted by molar-refractivity contribution is 4.78. The quantitative estimate of drug-likeness (QED) is 0.682. The van der Waals surface area contributed by atoms with Crippen LogP contribution in [0, 0.1) is 5.92 Å². The smallest absolute Gasteiger partial charge is 0.0615 e. The molecule has 3 unspecified atom stereocenters. The molecule has 1 aliphatic rings. The molecule has 0 aromatic heterocycles. The predicted molar refractivity (Wildman–Crippen MR) is 72.8 cm³/mol. The first kappa shape index (κ1) is 15.9. The zero-order chi connectivity index (χ0) is 13.4. The molecule has 3 atom stereocenters. The van der Waals surface area contributed by atoms with Crippen molar-refractivity contribution in [2.24, 2.45) is 5.92 Å². The molecule has 0 spiro atoms. The molecule has 108 valence electrons. The van der Waals surface area contributed by atoms with Crippen molar-refractivity contribution in [3.63, 3.8) is 0 Å². The van der Waals surface area contributed by atoms with Gasteiger partial charge in [0.2, 0.25) is 0 Å². The monoisotopic (exact) mass is 259 g/mol. The summed E-state index contributed by atoms with van der Waals surface area (Å²) < 4.78 is 10.4. The molecule has 1 fully saturated rings. The molecule has 1 aliphatic carbocycles. The first-order chi connectivity index (χ1) is 8.69. The summed E-state index contributed by atoms with van der Waals surface area (Å²) in [4.78, 5) is 2.40. The van der Waals surface area contributed by atoms with Crippen LogP contribution in [-0.2, 0) is 9.47 Å². The van der Waals surface area contributed by atoms with Crippen LogP contribution in [0.15, 0.2) is 0 Å². The van der Waals surface area contributed by atoms with Gasteiger partial charge in [0.15, 0.2) is 0 Å². The second-order valence-corrected chi connectivity index (χ2v) is 5.38. The number of ether oxygens (including phenoxy) is 2. The Morgan fingerprint density at radius 3 is 2.56 bits per heavy atom. The number of hydrogen-bond donors (Lipinski definition) is 1. The molecule has 0 heterocycles. The molecule has 0 aromatic rings. The number of nitrogens with zero attached hydrogens (tertiary/aromatic N) is 1. The van der Waals surface area contributed by atoms with Gasteiger partial charge in [-0.25, -0.2) is 0 Å². The molecule has 0 aromatic carbocycles. The Labute approximate surface area is 111 Å². The second kappa shape index (κ2) is 8.86. The summed E-state index contributed by atoms with van der Waals surface area (Å²) in [6.07, 6.45) is 4.34. The minimum Gasteiger partial charge on any atom is -0.393 e. The van der Waals surface area contributed by atoms with E-state index in [0.717, 1.165) is 39.1 Å². The van der Waals surface area contributed by atoms with Gasteiger partial charge in [0, 0.05) is 26.8 Å². The van der Waals surface area contributed by atoms with Crippen molar-refractivity contribution >= 4 is 0 Å². The first-order valence-electron chi connectivity index (χ1n) is 7.09. The molecule has 0 amide bonds. The summed E-state index contributed by atoms with van der Waals surface area (Å²) in [7, 11) is 3.48. The van der Waals surface area contributed by atoms with Gasteiger partial charge in [0.25, 0.3) is 0 Å². The zero-order valence-corrected chi connectivity index (χ0v) is 12.1. The molecular weight excluding hydrogens is 230 g/mol. The molecule has 1 rings (SSSR count). The van der Waals surface area contributed by atoms with Crippen molar-refractivity contribution in [3.8, 4) is 0 Å². The van der Waals surface area contributed by atoms with E-state index >= 15 is 0 Å². The number of methoxy groups -OCH3 is 2. The van der Waals surface area contributed by atoms with Crippen LogP contribution in [0.2, 0.25) is 0 Å². The average molecular weight is 259 g/mol. The molecule has 0 bridgehead atoms. The lowest BCUT2D eigenvalue weighted by Gasteiger charge is -2.29. The van der Waals surface area contributed by atoms with E-state index in [0.29, 0.717) is 12.0 Å². The third-order valence-corrected chi connectivity index (χ3v) is 4.02. The fourth-order valence-corrected chi connectivity index (χ4v) is 2.79. The Balaban J connectivity index is 2.34. The Hall–Kier alpha value is -0.160. The highest BCUT2D eigenvalue weighted by atomic mass is 16.5. The second-order valence-electron chi connectivity index (χ2n) is 5.38. The summed E-state index contributed by atoms with van der Waals surface area (Å²) in [6, 6.07) is 0.406. The highest BCUT2D eigenvalue weighted by Gasteiger charge is 2.26. The third kappa shape index (κ3) is 5.22. The number of hydrogen-bond acceptors (Lipinski definition) is 4. The lowest BCUT2D eigenvalue weighted by atomic mass is 10.0. The molecule has 4 nitrogen and oxygen atoms in total. The molecule has 1 N–H and O–H groups in total. The van der Waals surface area contributed by atoms with Crippen molar-refractivity contribution in [1.82, 2.24) is 4.90 Å². The summed E-state index contributed by atoms with van der Waals surface area (Å²) in [6.45, 7) is 5.64. The minimum absolute atomic E-state index is 0.0768. The molecule has 0 saturated heterocycles. The number of rotatable bonds is 9. The summed E-state index contributed by atoms with van der Waals surface area (Å²) in [5.74, 6) is 0.491. The van der Waals surface area contributed by atoms with E-state index in [1.165, 1.54) is 12.8 Å². The third-order valence-electron chi connectivity index (χ3n) is 4.02. The average Bonchev–Trinajstić information content (AvgIpc) is 2.75. The Bertz CT molecular complexity index is 213. The highest BCUT2D eigenvalue weighted by Crippen LogP contribution is 2.28. The Morgan fingerprint density at radius 2 is 2.00 bits per heavy atom. The van der Waals surface area contributed by atoms with Crippen molar-refractivity contribution in [2.75, 3.05) is 40.5 Å². The summed E-state index contributed by atoms with van der Waals surface area (Å²) in [5, 5.41) is 9.85. The van der Waals surface area contributed by atoms with Crippen molar-refractivity contribution < 1.29 is 14.6 Å². The summed E-state index contributed by atoms with van der Waals surface area (Å²) >= 11 is 0. The number of aliphatic hydroxyl groups excluding tert-OH is 1. The van der Waals surface area contributed by atoms with Crippen LogP contribution in [-0.4, -0.2) is 62.7 Å². The van der Waals surface area contributed by atoms with Crippen LogP contribution in [0.25, 0.3) is 0 Å². The maximum Gasteiger partial charge on any atom is 0.0615 e. The van der Waals surface area contributed by atoms with Gasteiger partial charge >= 0.3 is 0 Å². The predicted octanol–water partition coefficient (Wildman–Crippen LogP) is 1.52. The molecule has 4 heteroatoms. The maximum absolute atomic E-state index is 9.85. The lowest BCUT2D eigenvalue weighted by Crippen LogP contribution is -2.40. The van der Waals surface area contributed by atoms with Gasteiger partial charge in [-0.2, -0.15) is 0 Å². The van der Waals surface area contributed by atoms with E-state index < -0.39 is 0 Å². The fraction of sp³-hybridized carbons (Fsp3) is 1.00. The van der Waals surface area contributed by atoms with Gasteiger partial charge in [-0.3, -0.25) is 4.90 Å². The van der Waals surface area contributed by atoms with E-state index in [2.05, 4.69) is 11.8 Å². The minimum atomic E-state index is -0.0768. The molecule has 1 saturated carbocycles. The normalized spacial score (nSPS) is 25.8. The van der Waals surface area contributed by atoms with Gasteiger partial charge < -0.3 is 14.6 Å². The van der Waals surface area contributed by atoms with E-state index in [1.54, 1.807) is 14.2 Å². The largest absolute Gasteiger partial charge is 0.393 e. The lowest BCUT2D eigenvalue weighted by molar-refractivity contribution is 0.0625. The molecule has 0 radical (unpaired) electrons.